The van der Waals surface area contributed by atoms with Gasteiger partial charge in [-0.1, -0.05) is 71.8 Å². The average molecular weight is 512 g/mol. The fraction of sp³-hybridized carbons (Fsp3) is 0.167. The molecule has 0 amide bonds. The Kier molecular flexibility index (Phi) is 7.42. The standard InChI is InChI=1S/C36H37N3/c1-24-17-26(3)35(27(4)18-24)37-30-21-31(38-36-28(5)19-25(2)20-29(36)6)23-34(22-30)39(32-13-9-7-10-14-32)33-15-11-8-12-16-33/h7-23,37-38H,1-6H3. The highest BCUT2D eigenvalue weighted by molar-refractivity contribution is 5.84. The molecule has 3 nitrogen and oxygen atoms in total. The summed E-state index contributed by atoms with van der Waals surface area (Å²) >= 11 is 0. The Morgan fingerprint density at radius 2 is 0.769 bits per heavy atom. The van der Waals surface area contributed by atoms with Crippen LogP contribution in [0.5, 0.6) is 0 Å². The summed E-state index contributed by atoms with van der Waals surface area (Å²) in [6.07, 6.45) is 0. The first-order chi connectivity index (χ1) is 18.8. The zero-order chi connectivity index (χ0) is 27.5. The molecule has 0 spiro atoms. The number of aryl methyl sites for hydroxylation is 6. The lowest BCUT2D eigenvalue weighted by Gasteiger charge is -2.27. The third-order valence-electron chi connectivity index (χ3n) is 7.10. The Morgan fingerprint density at radius 1 is 0.410 bits per heavy atom. The minimum atomic E-state index is 1.03. The van der Waals surface area contributed by atoms with Gasteiger partial charge in [-0.05, 0) is 106 Å². The van der Waals surface area contributed by atoms with E-state index < -0.39 is 0 Å². The average Bonchev–Trinajstić information content (AvgIpc) is 2.90. The fourth-order valence-corrected chi connectivity index (χ4v) is 5.53. The number of hydrogen-bond acceptors (Lipinski definition) is 3. The van der Waals surface area contributed by atoms with Gasteiger partial charge in [-0.25, -0.2) is 0 Å². The summed E-state index contributed by atoms with van der Waals surface area (Å²) in [5.74, 6) is 0. The Labute approximate surface area is 233 Å². The topological polar surface area (TPSA) is 27.3 Å². The molecule has 0 radical (unpaired) electrons. The molecule has 5 aromatic rings. The summed E-state index contributed by atoms with van der Waals surface area (Å²) in [7, 11) is 0. The monoisotopic (exact) mass is 511 g/mol. The molecule has 0 aliphatic carbocycles. The van der Waals surface area contributed by atoms with Crippen molar-refractivity contribution in [3.05, 3.63) is 137 Å². The zero-order valence-electron chi connectivity index (χ0n) is 23.8. The molecule has 0 aromatic heterocycles. The van der Waals surface area contributed by atoms with E-state index in [-0.39, 0.29) is 0 Å². The molecule has 39 heavy (non-hydrogen) atoms. The van der Waals surface area contributed by atoms with E-state index in [2.05, 4.69) is 160 Å². The van der Waals surface area contributed by atoms with Crippen molar-refractivity contribution in [2.24, 2.45) is 0 Å². The second-order valence-electron chi connectivity index (χ2n) is 10.6. The number of para-hydroxylation sites is 2. The van der Waals surface area contributed by atoms with Crippen LogP contribution in [0.1, 0.15) is 33.4 Å². The van der Waals surface area contributed by atoms with Gasteiger partial charge in [0.1, 0.15) is 0 Å². The molecule has 0 bridgehead atoms. The van der Waals surface area contributed by atoms with Crippen molar-refractivity contribution in [3.63, 3.8) is 0 Å². The van der Waals surface area contributed by atoms with Gasteiger partial charge in [0, 0.05) is 34.1 Å². The lowest BCUT2D eigenvalue weighted by molar-refractivity contribution is 1.27. The molecule has 0 aliphatic heterocycles. The highest BCUT2D eigenvalue weighted by Gasteiger charge is 2.16. The van der Waals surface area contributed by atoms with Gasteiger partial charge in [0.15, 0.2) is 0 Å². The van der Waals surface area contributed by atoms with E-state index in [4.69, 9.17) is 0 Å². The van der Waals surface area contributed by atoms with Crippen LogP contribution in [-0.2, 0) is 0 Å². The Bertz CT molecular complexity index is 1440. The van der Waals surface area contributed by atoms with Crippen LogP contribution in [0, 0.1) is 41.5 Å². The van der Waals surface area contributed by atoms with E-state index in [1.54, 1.807) is 0 Å². The summed E-state index contributed by atoms with van der Waals surface area (Å²) in [5.41, 5.74) is 15.2. The van der Waals surface area contributed by atoms with E-state index >= 15 is 0 Å². The van der Waals surface area contributed by atoms with Gasteiger partial charge in [-0.2, -0.15) is 0 Å². The first-order valence-electron chi connectivity index (χ1n) is 13.5. The van der Waals surface area contributed by atoms with Crippen LogP contribution in [0.25, 0.3) is 0 Å². The largest absolute Gasteiger partial charge is 0.355 e. The van der Waals surface area contributed by atoms with Crippen LogP contribution in [0.2, 0.25) is 0 Å². The van der Waals surface area contributed by atoms with Crippen molar-refractivity contribution in [2.45, 2.75) is 41.5 Å². The van der Waals surface area contributed by atoms with Gasteiger partial charge < -0.3 is 15.5 Å². The second kappa shape index (κ2) is 11.1. The molecule has 0 heterocycles. The lowest BCUT2D eigenvalue weighted by Crippen LogP contribution is -2.11. The molecule has 0 fully saturated rings. The zero-order valence-corrected chi connectivity index (χ0v) is 23.8. The molecular weight excluding hydrogens is 474 g/mol. The maximum absolute atomic E-state index is 3.76. The third-order valence-corrected chi connectivity index (χ3v) is 7.10. The van der Waals surface area contributed by atoms with Gasteiger partial charge in [0.05, 0.1) is 5.69 Å². The highest BCUT2D eigenvalue weighted by atomic mass is 15.1. The van der Waals surface area contributed by atoms with Crippen molar-refractivity contribution >= 4 is 39.8 Å². The molecular formula is C36H37N3. The van der Waals surface area contributed by atoms with Gasteiger partial charge in [-0.15, -0.1) is 0 Å². The molecule has 0 saturated heterocycles. The highest BCUT2D eigenvalue weighted by Crippen LogP contribution is 2.39. The van der Waals surface area contributed by atoms with Crippen molar-refractivity contribution in [2.75, 3.05) is 15.5 Å². The van der Waals surface area contributed by atoms with E-state index in [9.17, 15) is 0 Å². The predicted octanol–water partition coefficient (Wildman–Crippen LogP) is 10.5. The van der Waals surface area contributed by atoms with E-state index in [0.717, 1.165) is 39.8 Å². The lowest BCUT2D eigenvalue weighted by atomic mass is 10.0. The van der Waals surface area contributed by atoms with Crippen molar-refractivity contribution in [1.29, 1.82) is 0 Å². The second-order valence-corrected chi connectivity index (χ2v) is 10.6. The minimum Gasteiger partial charge on any atom is -0.355 e. The van der Waals surface area contributed by atoms with Crippen LogP contribution in [-0.4, -0.2) is 0 Å². The predicted molar refractivity (Wildman–Crippen MR) is 169 cm³/mol. The first-order valence-corrected chi connectivity index (χ1v) is 13.5. The maximum Gasteiger partial charge on any atom is 0.0502 e. The fourth-order valence-electron chi connectivity index (χ4n) is 5.53. The number of rotatable bonds is 7. The van der Waals surface area contributed by atoms with Gasteiger partial charge in [0.2, 0.25) is 0 Å². The summed E-state index contributed by atoms with van der Waals surface area (Å²) < 4.78 is 0. The van der Waals surface area contributed by atoms with E-state index in [0.29, 0.717) is 0 Å². The summed E-state index contributed by atoms with van der Waals surface area (Å²) in [4.78, 5) is 2.31. The molecule has 0 unspecified atom stereocenters. The third kappa shape index (κ3) is 5.83. The molecule has 2 N–H and O–H groups in total. The van der Waals surface area contributed by atoms with Gasteiger partial charge in [-0.3, -0.25) is 0 Å². The van der Waals surface area contributed by atoms with E-state index in [1.165, 1.54) is 33.4 Å². The number of nitrogens with zero attached hydrogens (tertiary/aromatic N) is 1. The summed E-state index contributed by atoms with van der Waals surface area (Å²) in [6, 6.07) is 36.7. The Hall–Kier alpha value is -4.50. The van der Waals surface area contributed by atoms with Crippen molar-refractivity contribution in [1.82, 2.24) is 0 Å². The van der Waals surface area contributed by atoms with Gasteiger partial charge >= 0.3 is 0 Å². The Morgan fingerprint density at radius 3 is 1.13 bits per heavy atom. The minimum absolute atomic E-state index is 1.03. The van der Waals surface area contributed by atoms with Crippen LogP contribution in [0.15, 0.2) is 103 Å². The number of anilines is 7. The summed E-state index contributed by atoms with van der Waals surface area (Å²) in [6.45, 7) is 13.0. The van der Waals surface area contributed by atoms with Crippen LogP contribution >= 0.6 is 0 Å². The quantitative estimate of drug-likeness (QED) is 0.227. The van der Waals surface area contributed by atoms with Crippen molar-refractivity contribution in [3.8, 4) is 0 Å². The molecule has 196 valence electrons. The van der Waals surface area contributed by atoms with Crippen molar-refractivity contribution < 1.29 is 0 Å². The number of benzene rings is 5. The smallest absolute Gasteiger partial charge is 0.0502 e. The Balaban J connectivity index is 1.67. The number of nitrogens with one attached hydrogen (secondary N) is 2. The first kappa shape index (κ1) is 26.1. The molecule has 5 aromatic carbocycles. The number of hydrogen-bond donors (Lipinski definition) is 2. The SMILES string of the molecule is Cc1cc(C)c(Nc2cc(Nc3c(C)cc(C)cc3C)cc(N(c3ccccc3)c3ccccc3)c2)c(C)c1. The van der Waals surface area contributed by atoms with Crippen LogP contribution < -0.4 is 15.5 Å². The van der Waals surface area contributed by atoms with E-state index in [1.807, 2.05) is 0 Å². The molecule has 3 heteroatoms. The van der Waals surface area contributed by atoms with Gasteiger partial charge in [0.25, 0.3) is 0 Å². The molecule has 0 atom stereocenters. The summed E-state index contributed by atoms with van der Waals surface area (Å²) in [5, 5.41) is 7.53. The molecule has 5 rings (SSSR count). The molecule has 0 aliphatic rings. The van der Waals surface area contributed by atoms with Crippen LogP contribution in [0.3, 0.4) is 0 Å². The van der Waals surface area contributed by atoms with Crippen LogP contribution in [0.4, 0.5) is 39.8 Å². The molecule has 0 saturated carbocycles. The normalized spacial score (nSPS) is 10.8. The maximum atomic E-state index is 3.76.